The van der Waals surface area contributed by atoms with Gasteiger partial charge < -0.3 is 19.5 Å². The van der Waals surface area contributed by atoms with Crippen molar-refractivity contribution in [3.05, 3.63) is 54.7 Å². The molecule has 1 N–H and O–H groups in total. The summed E-state index contributed by atoms with van der Waals surface area (Å²) in [7, 11) is 1.60. The Morgan fingerprint density at radius 3 is 2.59 bits per heavy atom. The normalized spacial score (nSPS) is 15.1. The molecule has 1 aliphatic rings. The molecule has 0 amide bonds. The number of imidazole rings is 1. The fourth-order valence-electron chi connectivity index (χ4n) is 4.29. The van der Waals surface area contributed by atoms with Crippen LogP contribution in [0.25, 0.3) is 11.3 Å². The van der Waals surface area contributed by atoms with Gasteiger partial charge >= 0.3 is 6.18 Å². The molecule has 4 heterocycles. The first-order chi connectivity index (χ1) is 16.3. The van der Waals surface area contributed by atoms with Crippen LogP contribution in [0.5, 0.6) is 5.75 Å². The molecule has 8 nitrogen and oxygen atoms in total. The fraction of sp³-hybridized carbons (Fsp3) is 0.348. The highest BCUT2D eigenvalue weighted by Gasteiger charge is 2.41. The maximum absolute atomic E-state index is 13.0. The lowest BCUT2D eigenvalue weighted by Gasteiger charge is -2.34. The zero-order valence-electron chi connectivity index (χ0n) is 18.8. The van der Waals surface area contributed by atoms with Crippen LogP contribution < -0.4 is 15.0 Å². The molecule has 0 aliphatic carbocycles. The molecular formula is C23H24F3N7O. The predicted octanol–water partition coefficient (Wildman–Crippen LogP) is 4.75. The second kappa shape index (κ2) is 8.54. The number of ether oxygens (including phenoxy) is 1. The summed E-state index contributed by atoms with van der Waals surface area (Å²) in [6.45, 7) is 2.57. The van der Waals surface area contributed by atoms with Crippen LogP contribution in [0.3, 0.4) is 0 Å². The van der Waals surface area contributed by atoms with E-state index in [-0.39, 0.29) is 12.8 Å². The van der Waals surface area contributed by atoms with E-state index in [1.54, 1.807) is 24.1 Å². The summed E-state index contributed by atoms with van der Waals surface area (Å²) in [5, 5.41) is 7.68. The number of rotatable bonds is 5. The Morgan fingerprint density at radius 1 is 1.12 bits per heavy atom. The molecule has 0 bridgehead atoms. The molecule has 1 aromatic carbocycles. The molecule has 0 spiro atoms. The van der Waals surface area contributed by atoms with E-state index in [1.807, 2.05) is 52.9 Å². The van der Waals surface area contributed by atoms with Crippen LogP contribution in [-0.2, 0) is 0 Å². The van der Waals surface area contributed by atoms with Gasteiger partial charge in [0.05, 0.1) is 36.4 Å². The van der Waals surface area contributed by atoms with Crippen molar-refractivity contribution in [2.45, 2.75) is 25.9 Å². The number of nitrogens with one attached hydrogen (secondary N) is 1. The third-order valence-electron chi connectivity index (χ3n) is 6.07. The minimum Gasteiger partial charge on any atom is -0.494 e. The number of fused-ring (bicyclic) bond motifs is 1. The zero-order valence-corrected chi connectivity index (χ0v) is 18.8. The number of halogens is 3. The lowest BCUT2D eigenvalue weighted by Crippen LogP contribution is -2.39. The van der Waals surface area contributed by atoms with Crippen LogP contribution in [0.4, 0.5) is 30.5 Å². The smallest absolute Gasteiger partial charge is 0.391 e. The maximum Gasteiger partial charge on any atom is 0.391 e. The van der Waals surface area contributed by atoms with Crippen LogP contribution >= 0.6 is 0 Å². The van der Waals surface area contributed by atoms with Crippen molar-refractivity contribution >= 4 is 23.0 Å². The molecule has 0 atom stereocenters. The van der Waals surface area contributed by atoms with E-state index in [2.05, 4.69) is 20.4 Å². The summed E-state index contributed by atoms with van der Waals surface area (Å²) in [6, 6.07) is 9.34. The van der Waals surface area contributed by atoms with Gasteiger partial charge in [0.1, 0.15) is 5.75 Å². The summed E-state index contributed by atoms with van der Waals surface area (Å²) < 4.78 is 48.2. The van der Waals surface area contributed by atoms with Crippen molar-refractivity contribution in [3.63, 3.8) is 0 Å². The van der Waals surface area contributed by atoms with Gasteiger partial charge in [-0.2, -0.15) is 18.2 Å². The molecule has 11 heteroatoms. The standard InChI is InChI=1S/C23H24F3N7O/c1-15-13-32(14-27-15)18-6-5-17(12-20(18)34-2)28-22-29-21-19(4-3-9-33(21)30-22)31-10-7-16(8-11-31)23(24,25)26/h3-6,9,12-14,16H,7-8,10-11H2,1-2H3,(H,28,30). The van der Waals surface area contributed by atoms with E-state index in [4.69, 9.17) is 4.74 Å². The number of aromatic nitrogens is 5. The van der Waals surface area contributed by atoms with Gasteiger partial charge in [-0.05, 0) is 44.0 Å². The van der Waals surface area contributed by atoms with Crippen LogP contribution in [0, 0.1) is 12.8 Å². The summed E-state index contributed by atoms with van der Waals surface area (Å²) >= 11 is 0. The number of nitrogens with zero attached hydrogens (tertiary/aromatic N) is 6. The summed E-state index contributed by atoms with van der Waals surface area (Å²) in [6.07, 6.45) is 1.41. The molecule has 1 fully saturated rings. The van der Waals surface area contributed by atoms with E-state index in [9.17, 15) is 13.2 Å². The minimum absolute atomic E-state index is 0.0758. The number of hydrogen-bond donors (Lipinski definition) is 1. The van der Waals surface area contributed by atoms with Gasteiger partial charge in [0, 0.05) is 37.2 Å². The highest BCUT2D eigenvalue weighted by atomic mass is 19.4. The molecular weight excluding hydrogens is 447 g/mol. The average molecular weight is 471 g/mol. The first-order valence-electron chi connectivity index (χ1n) is 10.9. The third-order valence-corrected chi connectivity index (χ3v) is 6.07. The van der Waals surface area contributed by atoms with E-state index >= 15 is 0 Å². The van der Waals surface area contributed by atoms with Crippen LogP contribution in [-0.4, -0.2) is 50.5 Å². The second-order valence-electron chi connectivity index (χ2n) is 8.33. The van der Waals surface area contributed by atoms with Crippen LogP contribution in [0.15, 0.2) is 49.1 Å². The Morgan fingerprint density at radius 2 is 1.91 bits per heavy atom. The molecule has 4 aromatic rings. The summed E-state index contributed by atoms with van der Waals surface area (Å²) in [5.41, 5.74) is 3.85. The lowest BCUT2D eigenvalue weighted by molar-refractivity contribution is -0.179. The molecule has 1 aliphatic heterocycles. The number of alkyl halides is 3. The Hall–Kier alpha value is -3.76. The van der Waals surface area contributed by atoms with Crippen molar-refractivity contribution in [2.75, 3.05) is 30.4 Å². The van der Waals surface area contributed by atoms with Crippen LogP contribution in [0.2, 0.25) is 0 Å². The zero-order chi connectivity index (χ0) is 23.9. The third kappa shape index (κ3) is 4.25. The summed E-state index contributed by atoms with van der Waals surface area (Å²) in [4.78, 5) is 10.8. The highest BCUT2D eigenvalue weighted by molar-refractivity contribution is 5.71. The number of pyridine rings is 1. The van der Waals surface area contributed by atoms with Gasteiger partial charge in [0.2, 0.25) is 5.95 Å². The number of piperidine rings is 1. The predicted molar refractivity (Wildman–Crippen MR) is 122 cm³/mol. The first kappa shape index (κ1) is 22.1. The molecule has 5 rings (SSSR count). The van der Waals surface area contributed by atoms with Gasteiger partial charge in [0.25, 0.3) is 0 Å². The Balaban J connectivity index is 1.38. The van der Waals surface area contributed by atoms with Gasteiger partial charge in [-0.15, -0.1) is 5.10 Å². The molecule has 0 unspecified atom stereocenters. The molecule has 3 aromatic heterocycles. The maximum atomic E-state index is 13.0. The van der Waals surface area contributed by atoms with Crippen molar-refractivity contribution in [3.8, 4) is 11.4 Å². The van der Waals surface area contributed by atoms with Crippen molar-refractivity contribution in [1.29, 1.82) is 0 Å². The molecule has 34 heavy (non-hydrogen) atoms. The molecule has 178 valence electrons. The average Bonchev–Trinajstić information content (AvgIpc) is 3.44. The summed E-state index contributed by atoms with van der Waals surface area (Å²) in [5.74, 6) is -0.215. The molecule has 0 saturated carbocycles. The SMILES string of the molecule is COc1cc(Nc2nc3c(N4CCC(C(F)(F)F)CC4)cccn3n2)ccc1-n1cnc(C)c1. The highest BCUT2D eigenvalue weighted by Crippen LogP contribution is 2.36. The monoisotopic (exact) mass is 471 g/mol. The number of benzene rings is 1. The lowest BCUT2D eigenvalue weighted by atomic mass is 9.96. The molecule has 0 radical (unpaired) electrons. The Bertz CT molecular complexity index is 1310. The second-order valence-corrected chi connectivity index (χ2v) is 8.33. The number of hydrogen-bond acceptors (Lipinski definition) is 6. The van der Waals surface area contributed by atoms with Gasteiger partial charge in [-0.3, -0.25) is 0 Å². The van der Waals surface area contributed by atoms with Crippen LogP contribution in [0.1, 0.15) is 18.5 Å². The van der Waals surface area contributed by atoms with Crippen molar-refractivity contribution in [2.24, 2.45) is 5.92 Å². The number of methoxy groups -OCH3 is 1. The fourth-order valence-corrected chi connectivity index (χ4v) is 4.29. The van der Waals surface area contributed by atoms with E-state index in [1.165, 1.54) is 0 Å². The van der Waals surface area contributed by atoms with E-state index in [0.29, 0.717) is 30.4 Å². The number of anilines is 3. The topological polar surface area (TPSA) is 72.5 Å². The quantitative estimate of drug-likeness (QED) is 0.453. The minimum atomic E-state index is -4.14. The Kier molecular flexibility index (Phi) is 5.54. The van der Waals surface area contributed by atoms with Gasteiger partial charge in [-0.25, -0.2) is 9.50 Å². The van der Waals surface area contributed by atoms with Gasteiger partial charge in [-0.1, -0.05) is 0 Å². The molecule has 1 saturated heterocycles. The van der Waals surface area contributed by atoms with Crippen molar-refractivity contribution in [1.82, 2.24) is 24.1 Å². The van der Waals surface area contributed by atoms with E-state index in [0.717, 1.165) is 22.8 Å². The van der Waals surface area contributed by atoms with E-state index < -0.39 is 12.1 Å². The van der Waals surface area contributed by atoms with Crippen molar-refractivity contribution < 1.29 is 17.9 Å². The first-order valence-corrected chi connectivity index (χ1v) is 10.9. The number of aryl methyl sites for hydroxylation is 1. The largest absolute Gasteiger partial charge is 0.494 e. The Labute approximate surface area is 194 Å². The van der Waals surface area contributed by atoms with Gasteiger partial charge in [0.15, 0.2) is 5.65 Å².